The Kier molecular flexibility index (Phi) is 7.01. The number of rotatable bonds is 7. The second-order valence-corrected chi connectivity index (χ2v) is 6.50. The number of amides is 2. The van der Waals surface area contributed by atoms with E-state index in [-0.39, 0.29) is 11.8 Å². The van der Waals surface area contributed by atoms with Gasteiger partial charge in [-0.3, -0.25) is 9.59 Å². The van der Waals surface area contributed by atoms with E-state index in [0.717, 1.165) is 15.8 Å². The summed E-state index contributed by atoms with van der Waals surface area (Å²) in [6.07, 6.45) is 0.305. The van der Waals surface area contributed by atoms with Crippen molar-refractivity contribution in [3.8, 4) is 5.75 Å². The number of carbonyl (C=O) groups excluding carboxylic acids is 2. The highest BCUT2D eigenvalue weighted by atomic mass is 79.9. The molecule has 0 saturated carbocycles. The minimum Gasteiger partial charge on any atom is -0.493 e. The van der Waals surface area contributed by atoms with Crippen LogP contribution in [0, 0.1) is 0 Å². The van der Waals surface area contributed by atoms with Gasteiger partial charge in [0.2, 0.25) is 5.91 Å². The summed E-state index contributed by atoms with van der Waals surface area (Å²) in [6, 6.07) is 14.7. The van der Waals surface area contributed by atoms with Crippen LogP contribution in [-0.4, -0.2) is 37.4 Å². The highest BCUT2D eigenvalue weighted by molar-refractivity contribution is 9.10. The molecule has 6 heteroatoms. The van der Waals surface area contributed by atoms with Crippen LogP contribution in [0.5, 0.6) is 5.75 Å². The molecule has 0 fully saturated rings. The first-order chi connectivity index (χ1) is 12.0. The highest BCUT2D eigenvalue weighted by Crippen LogP contribution is 2.18. The Hall–Kier alpha value is -2.34. The van der Waals surface area contributed by atoms with Gasteiger partial charge in [0.1, 0.15) is 5.75 Å². The van der Waals surface area contributed by atoms with Crippen molar-refractivity contribution in [3.05, 3.63) is 64.1 Å². The van der Waals surface area contributed by atoms with Crippen molar-refractivity contribution in [3.63, 3.8) is 0 Å². The Labute approximate surface area is 156 Å². The molecule has 2 aromatic rings. The lowest BCUT2D eigenvalue weighted by Crippen LogP contribution is -2.27. The topological polar surface area (TPSA) is 58.6 Å². The van der Waals surface area contributed by atoms with E-state index in [0.29, 0.717) is 25.1 Å². The van der Waals surface area contributed by atoms with E-state index in [1.165, 1.54) is 0 Å². The van der Waals surface area contributed by atoms with Gasteiger partial charge in [0.05, 0.1) is 13.0 Å². The minimum atomic E-state index is -0.124. The lowest BCUT2D eigenvalue weighted by atomic mass is 10.1. The van der Waals surface area contributed by atoms with Gasteiger partial charge in [0.25, 0.3) is 5.91 Å². The smallest absolute Gasteiger partial charge is 0.251 e. The number of benzene rings is 2. The minimum absolute atomic E-state index is 0.00498. The van der Waals surface area contributed by atoms with Crippen LogP contribution in [0.3, 0.4) is 0 Å². The van der Waals surface area contributed by atoms with Gasteiger partial charge in [-0.05, 0) is 35.9 Å². The fraction of sp³-hybridized carbons (Fsp3) is 0.263. The SMILES string of the molecule is CNC(=O)c1ccc(CN(C)C(=O)CCOc2cccc(Br)c2)cc1. The normalized spacial score (nSPS) is 10.2. The third-order valence-electron chi connectivity index (χ3n) is 3.67. The van der Waals surface area contributed by atoms with Gasteiger partial charge in [0, 0.05) is 30.7 Å². The van der Waals surface area contributed by atoms with Crippen LogP contribution < -0.4 is 10.1 Å². The van der Waals surface area contributed by atoms with Crippen molar-refractivity contribution in [2.24, 2.45) is 0 Å². The van der Waals surface area contributed by atoms with Crippen molar-refractivity contribution >= 4 is 27.7 Å². The monoisotopic (exact) mass is 404 g/mol. The molecule has 0 spiro atoms. The molecule has 0 aromatic heterocycles. The quantitative estimate of drug-likeness (QED) is 0.770. The first kappa shape index (κ1) is 19.0. The molecule has 0 aliphatic heterocycles. The number of nitrogens with zero attached hydrogens (tertiary/aromatic N) is 1. The zero-order valence-electron chi connectivity index (χ0n) is 14.3. The van der Waals surface area contributed by atoms with Gasteiger partial charge in [-0.25, -0.2) is 0 Å². The average molecular weight is 405 g/mol. The van der Waals surface area contributed by atoms with E-state index in [1.807, 2.05) is 36.4 Å². The molecule has 2 aromatic carbocycles. The summed E-state index contributed by atoms with van der Waals surface area (Å²) in [5, 5.41) is 2.58. The molecule has 0 saturated heterocycles. The van der Waals surface area contributed by atoms with Crippen LogP contribution in [0.1, 0.15) is 22.3 Å². The van der Waals surface area contributed by atoms with Crippen molar-refractivity contribution in [2.45, 2.75) is 13.0 Å². The predicted molar refractivity (Wildman–Crippen MR) is 101 cm³/mol. The third kappa shape index (κ3) is 5.90. The molecule has 25 heavy (non-hydrogen) atoms. The van der Waals surface area contributed by atoms with Gasteiger partial charge in [-0.15, -0.1) is 0 Å². The average Bonchev–Trinajstić information content (AvgIpc) is 2.61. The molecule has 0 atom stereocenters. The molecule has 1 N–H and O–H groups in total. The number of nitrogens with one attached hydrogen (secondary N) is 1. The lowest BCUT2D eigenvalue weighted by molar-refractivity contribution is -0.130. The molecule has 2 amide bonds. The summed E-state index contributed by atoms with van der Waals surface area (Å²) in [5.41, 5.74) is 1.57. The molecule has 0 aliphatic carbocycles. The molecule has 0 bridgehead atoms. The Balaban J connectivity index is 1.80. The second-order valence-electron chi connectivity index (χ2n) is 5.58. The summed E-state index contributed by atoms with van der Waals surface area (Å²) < 4.78 is 6.53. The highest BCUT2D eigenvalue weighted by Gasteiger charge is 2.10. The predicted octanol–water partition coefficient (Wildman–Crippen LogP) is 3.24. The van der Waals surface area contributed by atoms with Crippen LogP contribution in [0.15, 0.2) is 53.0 Å². The standard InChI is InChI=1S/C19H21BrN2O3/c1-21-19(24)15-8-6-14(7-9-15)13-22(2)18(23)10-11-25-17-5-3-4-16(20)12-17/h3-9,12H,10-11,13H2,1-2H3,(H,21,24). The first-order valence-corrected chi connectivity index (χ1v) is 8.72. The Morgan fingerprint density at radius 2 is 1.88 bits per heavy atom. The molecule has 132 valence electrons. The van der Waals surface area contributed by atoms with E-state index in [9.17, 15) is 9.59 Å². The number of ether oxygens (including phenoxy) is 1. The second kappa shape index (κ2) is 9.22. The Morgan fingerprint density at radius 1 is 1.16 bits per heavy atom. The van der Waals surface area contributed by atoms with E-state index in [2.05, 4.69) is 21.2 Å². The summed E-state index contributed by atoms with van der Waals surface area (Å²) in [5.74, 6) is 0.612. The lowest BCUT2D eigenvalue weighted by Gasteiger charge is -2.17. The van der Waals surface area contributed by atoms with Crippen molar-refractivity contribution < 1.29 is 14.3 Å². The molecular formula is C19H21BrN2O3. The molecular weight excluding hydrogens is 384 g/mol. The maximum atomic E-state index is 12.2. The summed E-state index contributed by atoms with van der Waals surface area (Å²) in [4.78, 5) is 25.4. The zero-order valence-corrected chi connectivity index (χ0v) is 15.9. The van der Waals surface area contributed by atoms with Crippen molar-refractivity contribution in [1.29, 1.82) is 0 Å². The van der Waals surface area contributed by atoms with Gasteiger partial charge >= 0.3 is 0 Å². The summed E-state index contributed by atoms with van der Waals surface area (Å²) in [6.45, 7) is 0.818. The molecule has 2 rings (SSSR count). The van der Waals surface area contributed by atoms with Gasteiger partial charge in [0.15, 0.2) is 0 Å². The van der Waals surface area contributed by atoms with Gasteiger partial charge in [-0.1, -0.05) is 34.1 Å². The molecule has 0 heterocycles. The van der Waals surface area contributed by atoms with E-state index in [4.69, 9.17) is 4.74 Å². The fourth-order valence-corrected chi connectivity index (χ4v) is 2.65. The number of hydrogen-bond donors (Lipinski definition) is 1. The summed E-state index contributed by atoms with van der Waals surface area (Å²) >= 11 is 3.38. The van der Waals surface area contributed by atoms with E-state index in [1.54, 1.807) is 31.1 Å². The number of hydrogen-bond acceptors (Lipinski definition) is 3. The molecule has 0 aliphatic rings. The molecule has 0 radical (unpaired) electrons. The first-order valence-electron chi connectivity index (χ1n) is 7.93. The summed E-state index contributed by atoms with van der Waals surface area (Å²) in [7, 11) is 3.35. The largest absolute Gasteiger partial charge is 0.493 e. The van der Waals surface area contributed by atoms with Gasteiger partial charge < -0.3 is 15.0 Å². The van der Waals surface area contributed by atoms with Gasteiger partial charge in [-0.2, -0.15) is 0 Å². The van der Waals surface area contributed by atoms with E-state index < -0.39 is 0 Å². The maximum absolute atomic E-state index is 12.2. The Morgan fingerprint density at radius 3 is 2.52 bits per heavy atom. The molecule has 5 nitrogen and oxygen atoms in total. The van der Waals surface area contributed by atoms with Crippen LogP contribution in [0.4, 0.5) is 0 Å². The van der Waals surface area contributed by atoms with Crippen LogP contribution in [0.2, 0.25) is 0 Å². The van der Waals surface area contributed by atoms with Crippen LogP contribution >= 0.6 is 15.9 Å². The number of carbonyl (C=O) groups is 2. The molecule has 0 unspecified atom stereocenters. The van der Waals surface area contributed by atoms with Crippen molar-refractivity contribution in [1.82, 2.24) is 10.2 Å². The Bertz CT molecular complexity index is 732. The van der Waals surface area contributed by atoms with Crippen molar-refractivity contribution in [2.75, 3.05) is 20.7 Å². The zero-order chi connectivity index (χ0) is 18.2. The number of halogens is 1. The van der Waals surface area contributed by atoms with Crippen LogP contribution in [-0.2, 0) is 11.3 Å². The van der Waals surface area contributed by atoms with E-state index >= 15 is 0 Å². The van der Waals surface area contributed by atoms with Crippen LogP contribution in [0.25, 0.3) is 0 Å². The third-order valence-corrected chi connectivity index (χ3v) is 4.16. The fourth-order valence-electron chi connectivity index (χ4n) is 2.27. The maximum Gasteiger partial charge on any atom is 0.251 e.